The first-order valence-electron chi connectivity index (χ1n) is 13.2. The average Bonchev–Trinajstić information content (AvgIpc) is 2.97. The number of hydrogen-bond acceptors (Lipinski definition) is 9. The predicted molar refractivity (Wildman–Crippen MR) is 141 cm³/mol. The molecule has 4 rings (SSSR count). The van der Waals surface area contributed by atoms with Gasteiger partial charge in [-0.15, -0.1) is 0 Å². The predicted octanol–water partition coefficient (Wildman–Crippen LogP) is 2.00. The van der Waals surface area contributed by atoms with E-state index in [1.54, 1.807) is 6.92 Å². The van der Waals surface area contributed by atoms with Crippen LogP contribution in [0.3, 0.4) is 0 Å². The highest BCUT2D eigenvalue weighted by atomic mass is 16.8. The van der Waals surface area contributed by atoms with Gasteiger partial charge in [-0.1, -0.05) is 60.7 Å². The van der Waals surface area contributed by atoms with Gasteiger partial charge in [0.15, 0.2) is 12.6 Å². The Bertz CT molecular complexity index is 1130. The first-order valence-corrected chi connectivity index (χ1v) is 13.2. The van der Waals surface area contributed by atoms with Gasteiger partial charge in [-0.3, -0.25) is 9.59 Å². The third-order valence-electron chi connectivity index (χ3n) is 6.68. The van der Waals surface area contributed by atoms with Gasteiger partial charge in [0.05, 0.1) is 20.3 Å². The molecule has 2 aromatic rings. The molecular formula is C29H36N2O9. The average molecular weight is 557 g/mol. The molecule has 2 aromatic carbocycles. The van der Waals surface area contributed by atoms with E-state index < -0.39 is 61.0 Å². The Morgan fingerprint density at radius 1 is 1.00 bits per heavy atom. The van der Waals surface area contributed by atoms with Gasteiger partial charge in [0.2, 0.25) is 11.8 Å². The zero-order valence-corrected chi connectivity index (χ0v) is 23.0. The highest BCUT2D eigenvalue weighted by Crippen LogP contribution is 2.36. The molecule has 11 heteroatoms. The van der Waals surface area contributed by atoms with Crippen LogP contribution in [0, 0.1) is 0 Å². The summed E-state index contributed by atoms with van der Waals surface area (Å²) in [6, 6.07) is 17.2. The van der Waals surface area contributed by atoms with Crippen molar-refractivity contribution in [3.63, 3.8) is 0 Å². The smallest absolute Gasteiger partial charge is 0.328 e. The maximum Gasteiger partial charge on any atom is 0.328 e. The molecule has 216 valence electrons. The number of nitrogens with one attached hydrogen (secondary N) is 2. The van der Waals surface area contributed by atoms with Crippen molar-refractivity contribution in [1.82, 2.24) is 10.6 Å². The Morgan fingerprint density at radius 3 is 2.33 bits per heavy atom. The third kappa shape index (κ3) is 7.43. The van der Waals surface area contributed by atoms with Crippen LogP contribution in [0.1, 0.15) is 38.2 Å². The Balaban J connectivity index is 1.59. The lowest BCUT2D eigenvalue weighted by atomic mass is 9.95. The van der Waals surface area contributed by atoms with Crippen LogP contribution in [0.2, 0.25) is 0 Å². The second kappa shape index (κ2) is 13.8. The third-order valence-corrected chi connectivity index (χ3v) is 6.68. The quantitative estimate of drug-likeness (QED) is 0.422. The van der Waals surface area contributed by atoms with Gasteiger partial charge in [-0.05, 0) is 19.4 Å². The molecule has 0 spiro atoms. The van der Waals surface area contributed by atoms with Crippen molar-refractivity contribution in [3.8, 4) is 0 Å². The second-order valence-electron chi connectivity index (χ2n) is 9.74. The van der Waals surface area contributed by atoms with E-state index in [9.17, 15) is 14.4 Å². The van der Waals surface area contributed by atoms with Crippen molar-refractivity contribution in [2.75, 3.05) is 13.7 Å². The van der Waals surface area contributed by atoms with Crippen LogP contribution < -0.4 is 10.6 Å². The van der Waals surface area contributed by atoms with E-state index in [0.717, 1.165) is 11.1 Å². The summed E-state index contributed by atoms with van der Waals surface area (Å²) in [6.07, 6.45) is -4.86. The van der Waals surface area contributed by atoms with Gasteiger partial charge in [0, 0.05) is 12.5 Å². The molecule has 2 amide bonds. The molecule has 0 radical (unpaired) electrons. The number of hydrogen-bond donors (Lipinski definition) is 2. The maximum atomic E-state index is 13.0. The summed E-state index contributed by atoms with van der Waals surface area (Å²) in [5, 5.41) is 5.46. The molecule has 11 nitrogen and oxygen atoms in total. The Hall–Kier alpha value is -3.35. The molecule has 1 unspecified atom stereocenters. The van der Waals surface area contributed by atoms with Gasteiger partial charge in [-0.25, -0.2) is 4.79 Å². The summed E-state index contributed by atoms with van der Waals surface area (Å²) in [5.74, 6) is -1.45. The number of carbonyl (C=O) groups excluding carboxylic acids is 3. The van der Waals surface area contributed by atoms with Gasteiger partial charge in [0.25, 0.3) is 0 Å². The van der Waals surface area contributed by atoms with Crippen LogP contribution in [-0.2, 0) is 49.4 Å². The summed E-state index contributed by atoms with van der Waals surface area (Å²) in [6.45, 7) is 4.83. The number of carbonyl (C=O) groups is 3. The molecule has 2 heterocycles. The van der Waals surface area contributed by atoms with E-state index in [1.165, 1.54) is 21.0 Å². The summed E-state index contributed by atoms with van der Waals surface area (Å²) in [5.41, 5.74) is 1.72. The first kappa shape index (κ1) is 29.6. The largest absolute Gasteiger partial charge is 0.467 e. The topological polar surface area (TPSA) is 131 Å². The molecule has 2 N–H and O–H groups in total. The van der Waals surface area contributed by atoms with Crippen molar-refractivity contribution >= 4 is 17.8 Å². The molecule has 2 aliphatic rings. The first-order chi connectivity index (χ1) is 19.3. The molecule has 2 aliphatic heterocycles. The normalized spacial score (nSPS) is 27.5. The Morgan fingerprint density at radius 2 is 1.68 bits per heavy atom. The molecule has 0 saturated carbocycles. The lowest BCUT2D eigenvalue weighted by molar-refractivity contribution is -0.351. The fourth-order valence-electron chi connectivity index (χ4n) is 4.66. The molecule has 0 aliphatic carbocycles. The number of esters is 1. The SMILES string of the molecule is COC(=O)[C@H](C)NC(=O)[C@@H](C)O[C@@H]1[C@@H](NC(C)=O)[C@@H](OCc2ccccc2)O[C@@H]2COC(c3ccccc3)O[C@@H]12. The van der Waals surface area contributed by atoms with E-state index in [-0.39, 0.29) is 19.1 Å². The van der Waals surface area contributed by atoms with Crippen LogP contribution in [0.4, 0.5) is 0 Å². The molecule has 8 atom stereocenters. The van der Waals surface area contributed by atoms with Crippen molar-refractivity contribution in [1.29, 1.82) is 0 Å². The zero-order valence-electron chi connectivity index (χ0n) is 23.0. The van der Waals surface area contributed by atoms with Crippen molar-refractivity contribution in [3.05, 3.63) is 71.8 Å². The van der Waals surface area contributed by atoms with Crippen LogP contribution in [-0.4, -0.2) is 74.3 Å². The number of ether oxygens (including phenoxy) is 6. The highest BCUT2D eigenvalue weighted by Gasteiger charge is 2.52. The minimum Gasteiger partial charge on any atom is -0.467 e. The van der Waals surface area contributed by atoms with E-state index in [1.807, 2.05) is 60.7 Å². The lowest BCUT2D eigenvalue weighted by Crippen LogP contribution is -2.68. The minimum atomic E-state index is -1.02. The van der Waals surface area contributed by atoms with Crippen LogP contribution >= 0.6 is 0 Å². The minimum absolute atomic E-state index is 0.169. The number of rotatable bonds is 10. The number of amides is 2. The number of methoxy groups -OCH3 is 1. The lowest BCUT2D eigenvalue weighted by Gasteiger charge is -2.49. The van der Waals surface area contributed by atoms with Crippen molar-refractivity contribution < 1.29 is 42.8 Å². The van der Waals surface area contributed by atoms with E-state index in [2.05, 4.69) is 10.6 Å². The molecule has 0 aromatic heterocycles. The van der Waals surface area contributed by atoms with Gasteiger partial charge in [-0.2, -0.15) is 0 Å². The number of fused-ring (bicyclic) bond motifs is 1. The van der Waals surface area contributed by atoms with E-state index >= 15 is 0 Å². The van der Waals surface area contributed by atoms with E-state index in [4.69, 9.17) is 28.4 Å². The fourth-order valence-corrected chi connectivity index (χ4v) is 4.66. The highest BCUT2D eigenvalue weighted by molar-refractivity contribution is 5.86. The van der Waals surface area contributed by atoms with Crippen LogP contribution in [0.15, 0.2) is 60.7 Å². The van der Waals surface area contributed by atoms with Crippen molar-refractivity contribution in [2.45, 2.75) is 76.5 Å². The molecular weight excluding hydrogens is 520 g/mol. The molecule has 2 fully saturated rings. The van der Waals surface area contributed by atoms with Crippen molar-refractivity contribution in [2.24, 2.45) is 0 Å². The van der Waals surface area contributed by atoms with Gasteiger partial charge in [0.1, 0.15) is 36.5 Å². The standard InChI is InChI=1S/C29H36N2O9/c1-17(27(34)35-4)30-26(33)18(2)38-25-23(31-19(3)32)29(36-15-20-11-7-5-8-12-20)39-22-16-37-28(40-24(22)25)21-13-9-6-10-14-21/h5-14,17-18,22-25,28-29H,15-16H2,1-4H3,(H,30,33)(H,31,32)/t17-,18+,22+,23+,24+,25+,28?,29-/m0/s1. The summed E-state index contributed by atoms with van der Waals surface area (Å²) in [7, 11) is 1.24. The fraction of sp³-hybridized carbons (Fsp3) is 0.483. The maximum absolute atomic E-state index is 13.0. The van der Waals surface area contributed by atoms with Crippen LogP contribution in [0.5, 0.6) is 0 Å². The van der Waals surface area contributed by atoms with Gasteiger partial charge >= 0.3 is 5.97 Å². The summed E-state index contributed by atoms with van der Waals surface area (Å²) < 4.78 is 35.7. The van der Waals surface area contributed by atoms with Gasteiger partial charge < -0.3 is 39.1 Å². The molecule has 40 heavy (non-hydrogen) atoms. The monoisotopic (exact) mass is 556 g/mol. The van der Waals surface area contributed by atoms with Crippen LogP contribution in [0.25, 0.3) is 0 Å². The Labute approximate surface area is 233 Å². The summed E-state index contributed by atoms with van der Waals surface area (Å²) in [4.78, 5) is 37.1. The second-order valence-corrected chi connectivity index (χ2v) is 9.74. The molecule has 0 bridgehead atoms. The van der Waals surface area contributed by atoms with E-state index in [0.29, 0.717) is 0 Å². The number of benzene rings is 2. The summed E-state index contributed by atoms with van der Waals surface area (Å²) >= 11 is 0. The Kier molecular flexibility index (Phi) is 10.2. The molecule has 2 saturated heterocycles. The zero-order chi connectivity index (χ0) is 28.6.